The first kappa shape index (κ1) is 24.5. The summed E-state index contributed by atoms with van der Waals surface area (Å²) in [6.07, 6.45) is 11.2. The number of allylic oxidation sites excluding steroid dienone is 1. The molecule has 2 heterocycles. The van der Waals surface area contributed by atoms with Gasteiger partial charge in [-0.1, -0.05) is 18.2 Å². The Kier molecular flexibility index (Phi) is 8.44. The summed E-state index contributed by atoms with van der Waals surface area (Å²) >= 11 is 1.49. The van der Waals surface area contributed by atoms with Crippen LogP contribution in [-0.4, -0.2) is 53.9 Å². The summed E-state index contributed by atoms with van der Waals surface area (Å²) in [5, 5.41) is 9.18. The third-order valence-electron chi connectivity index (χ3n) is 5.96. The largest absolute Gasteiger partial charge is 0.497 e. The lowest BCUT2D eigenvalue weighted by Gasteiger charge is -2.35. The summed E-state index contributed by atoms with van der Waals surface area (Å²) in [5.74, 6) is 1.13. The number of aromatic nitrogens is 1. The normalized spacial score (nSPS) is 19.5. The standard InChI is InChI=1S/C25H30N2O6S/c1-30-19-6-4-18(5-7-19)22-17-33-23(26-22)3-2-14-32-20-8-10-21(11-9-20)34-25(24(28)27-29)12-15-31-16-13-25/h4-8,10-11,17,20,29H,2-3,9,12-16H2,1H3,(H,27,28). The van der Waals surface area contributed by atoms with Crippen LogP contribution in [0.3, 0.4) is 0 Å². The number of ether oxygens (including phenoxy) is 3. The Morgan fingerprint density at radius 2 is 2.09 bits per heavy atom. The lowest BCUT2D eigenvalue weighted by molar-refractivity contribution is -0.134. The van der Waals surface area contributed by atoms with E-state index in [0.717, 1.165) is 34.8 Å². The third-order valence-corrected chi connectivity index (χ3v) is 7.48. The van der Waals surface area contributed by atoms with E-state index < -0.39 is 4.75 Å². The molecule has 9 heteroatoms. The van der Waals surface area contributed by atoms with Crippen LogP contribution in [0.25, 0.3) is 11.3 Å². The summed E-state index contributed by atoms with van der Waals surface area (Å²) < 4.78 is 21.5. The molecule has 2 aliphatic rings. The van der Waals surface area contributed by atoms with Crippen LogP contribution >= 0.6 is 11.8 Å². The van der Waals surface area contributed by atoms with Gasteiger partial charge >= 0.3 is 0 Å². The van der Waals surface area contributed by atoms with Crippen LogP contribution in [0.4, 0.5) is 0 Å². The van der Waals surface area contributed by atoms with E-state index in [0.29, 0.717) is 45.0 Å². The van der Waals surface area contributed by atoms with E-state index in [1.54, 1.807) is 13.4 Å². The number of aryl methyl sites for hydroxylation is 1. The number of hydrogen-bond donors (Lipinski definition) is 2. The second-order valence-corrected chi connectivity index (χ2v) is 9.68. The maximum atomic E-state index is 12.3. The number of thioether (sulfide) groups is 1. The van der Waals surface area contributed by atoms with Gasteiger partial charge in [0, 0.05) is 36.7 Å². The molecule has 0 radical (unpaired) electrons. The highest BCUT2D eigenvalue weighted by Crippen LogP contribution is 2.42. The van der Waals surface area contributed by atoms with E-state index >= 15 is 0 Å². The average Bonchev–Trinajstić information content (AvgIpc) is 3.36. The quantitative estimate of drug-likeness (QED) is 0.291. The molecule has 0 bridgehead atoms. The Morgan fingerprint density at radius 1 is 1.29 bits per heavy atom. The number of rotatable bonds is 10. The first-order valence-electron chi connectivity index (χ1n) is 11.4. The van der Waals surface area contributed by atoms with Gasteiger partial charge in [-0.2, -0.15) is 0 Å². The summed E-state index contributed by atoms with van der Waals surface area (Å²) in [6, 6.07) is 7.72. The van der Waals surface area contributed by atoms with Gasteiger partial charge in [-0.3, -0.25) is 10.0 Å². The molecule has 34 heavy (non-hydrogen) atoms. The monoisotopic (exact) mass is 486 g/mol. The molecular weight excluding hydrogens is 456 g/mol. The van der Waals surface area contributed by atoms with Crippen molar-refractivity contribution in [2.24, 2.45) is 0 Å². The van der Waals surface area contributed by atoms with Crippen LogP contribution in [-0.2, 0) is 20.7 Å². The third kappa shape index (κ3) is 6.09. The van der Waals surface area contributed by atoms with Gasteiger partial charge in [0.2, 0.25) is 0 Å². The molecule has 1 amide bonds. The molecule has 1 unspecified atom stereocenters. The van der Waals surface area contributed by atoms with E-state index in [-0.39, 0.29) is 12.0 Å². The van der Waals surface area contributed by atoms with Crippen molar-refractivity contribution in [2.75, 3.05) is 26.9 Å². The minimum Gasteiger partial charge on any atom is -0.497 e. The molecule has 2 aromatic rings. The number of oxazole rings is 1. The fourth-order valence-corrected chi connectivity index (χ4v) is 5.25. The Labute approximate surface area is 203 Å². The Hall–Kier alpha value is -2.59. The van der Waals surface area contributed by atoms with Crippen molar-refractivity contribution in [1.29, 1.82) is 0 Å². The van der Waals surface area contributed by atoms with Crippen molar-refractivity contribution in [2.45, 2.75) is 43.0 Å². The summed E-state index contributed by atoms with van der Waals surface area (Å²) in [5.41, 5.74) is 3.62. The number of hydroxylamine groups is 1. The number of benzene rings is 1. The van der Waals surface area contributed by atoms with Gasteiger partial charge in [0.25, 0.3) is 5.91 Å². The minimum absolute atomic E-state index is 0.000998. The van der Waals surface area contributed by atoms with Gasteiger partial charge in [0.1, 0.15) is 22.5 Å². The molecule has 1 saturated heterocycles. The number of hydrogen-bond acceptors (Lipinski definition) is 8. The van der Waals surface area contributed by atoms with Crippen molar-refractivity contribution >= 4 is 17.7 Å². The minimum atomic E-state index is -0.697. The second-order valence-electron chi connectivity index (χ2n) is 8.22. The number of carbonyl (C=O) groups is 1. The summed E-state index contributed by atoms with van der Waals surface area (Å²) in [6.45, 7) is 1.62. The van der Waals surface area contributed by atoms with Crippen LogP contribution in [0.5, 0.6) is 5.75 Å². The van der Waals surface area contributed by atoms with Gasteiger partial charge in [0.15, 0.2) is 5.89 Å². The van der Waals surface area contributed by atoms with E-state index in [4.69, 9.17) is 18.6 Å². The van der Waals surface area contributed by atoms with Gasteiger partial charge in [0.05, 0.1) is 13.2 Å². The Balaban J connectivity index is 1.20. The highest BCUT2D eigenvalue weighted by Gasteiger charge is 2.41. The molecule has 1 fully saturated rings. The molecule has 182 valence electrons. The molecular formula is C25H30N2O6S. The maximum absolute atomic E-state index is 12.3. The molecule has 4 rings (SSSR count). The second kappa shape index (κ2) is 11.7. The van der Waals surface area contributed by atoms with E-state index in [2.05, 4.69) is 11.1 Å². The smallest absolute Gasteiger partial charge is 0.260 e. The maximum Gasteiger partial charge on any atom is 0.260 e. The van der Waals surface area contributed by atoms with E-state index in [1.807, 2.05) is 41.9 Å². The van der Waals surface area contributed by atoms with Gasteiger partial charge in [-0.15, -0.1) is 11.8 Å². The average molecular weight is 487 g/mol. The first-order valence-corrected chi connectivity index (χ1v) is 12.2. The molecule has 1 aromatic carbocycles. The van der Waals surface area contributed by atoms with Crippen LogP contribution in [0.15, 0.2) is 58.1 Å². The zero-order valence-corrected chi connectivity index (χ0v) is 20.0. The molecule has 0 spiro atoms. The van der Waals surface area contributed by atoms with Crippen molar-refractivity contribution in [3.05, 3.63) is 59.6 Å². The Morgan fingerprint density at radius 3 is 2.76 bits per heavy atom. The zero-order chi connectivity index (χ0) is 23.8. The molecule has 1 aliphatic heterocycles. The van der Waals surface area contributed by atoms with Gasteiger partial charge < -0.3 is 18.6 Å². The lowest BCUT2D eigenvalue weighted by atomic mass is 9.98. The van der Waals surface area contributed by atoms with Crippen molar-refractivity contribution < 1.29 is 28.6 Å². The predicted molar refractivity (Wildman–Crippen MR) is 129 cm³/mol. The van der Waals surface area contributed by atoms with Crippen LogP contribution in [0, 0.1) is 0 Å². The topological polar surface area (TPSA) is 103 Å². The number of nitrogens with zero attached hydrogens (tertiary/aromatic N) is 1. The van der Waals surface area contributed by atoms with E-state index in [1.165, 1.54) is 11.8 Å². The fourth-order valence-electron chi connectivity index (χ4n) is 3.96. The van der Waals surface area contributed by atoms with Crippen molar-refractivity contribution in [3.63, 3.8) is 0 Å². The summed E-state index contributed by atoms with van der Waals surface area (Å²) in [4.78, 5) is 17.9. The van der Waals surface area contributed by atoms with Crippen LogP contribution in [0.1, 0.15) is 31.6 Å². The van der Waals surface area contributed by atoms with Crippen LogP contribution < -0.4 is 10.2 Å². The molecule has 1 atom stereocenters. The fraction of sp³-hybridized carbons (Fsp3) is 0.440. The molecule has 0 saturated carbocycles. The molecule has 1 aliphatic carbocycles. The highest BCUT2D eigenvalue weighted by molar-refractivity contribution is 8.05. The number of carbonyl (C=O) groups excluding carboxylic acids is 1. The number of methoxy groups -OCH3 is 1. The predicted octanol–water partition coefficient (Wildman–Crippen LogP) is 4.30. The summed E-state index contributed by atoms with van der Waals surface area (Å²) in [7, 11) is 1.64. The Bertz CT molecular complexity index is 1010. The van der Waals surface area contributed by atoms with E-state index in [9.17, 15) is 10.0 Å². The number of amides is 1. The highest BCUT2D eigenvalue weighted by atomic mass is 32.2. The number of nitrogens with one attached hydrogen (secondary N) is 1. The molecule has 8 nitrogen and oxygen atoms in total. The molecule has 2 N–H and O–H groups in total. The van der Waals surface area contributed by atoms with Crippen molar-refractivity contribution in [1.82, 2.24) is 10.5 Å². The van der Waals surface area contributed by atoms with Crippen molar-refractivity contribution in [3.8, 4) is 17.0 Å². The van der Waals surface area contributed by atoms with Gasteiger partial charge in [-0.25, -0.2) is 10.5 Å². The van der Waals surface area contributed by atoms with Gasteiger partial charge in [-0.05, 0) is 49.9 Å². The SMILES string of the molecule is COc1ccc(-c2coc(CCCOC3C=CC(SC4(C(=O)NO)CCOCC4)=CC3)n2)cc1. The first-order chi connectivity index (χ1) is 16.6. The lowest BCUT2D eigenvalue weighted by Crippen LogP contribution is -2.47. The molecule has 1 aromatic heterocycles. The van der Waals surface area contributed by atoms with Crippen LogP contribution in [0.2, 0.25) is 0 Å². The zero-order valence-electron chi connectivity index (χ0n) is 19.2.